The van der Waals surface area contributed by atoms with Gasteiger partial charge in [-0.2, -0.15) is 0 Å². The molecule has 17 heteroatoms. The van der Waals surface area contributed by atoms with Gasteiger partial charge in [-0.05, 0) is 79.9 Å². The maximum Gasteiger partial charge on any atom is 0.407 e. The SMILES string of the molecule is CC(C)=C(C(=O)OCc1ccc([N+](=O)[O-])cc1)N1C(=O)[C@H]([C@@H](C)O[Si](C)(C)C(C)(C)C)[C@H]1CC(=O)SCCNC(=O)OCc1ccc([N+](=O)[O-])cc1. The lowest BCUT2D eigenvalue weighted by molar-refractivity contribution is -0.385. The molecule has 1 saturated heterocycles. The van der Waals surface area contributed by atoms with Crippen LogP contribution in [0, 0.1) is 26.1 Å². The number of thioether (sulfide) groups is 1. The van der Waals surface area contributed by atoms with Gasteiger partial charge in [-0.25, -0.2) is 9.59 Å². The van der Waals surface area contributed by atoms with Crippen LogP contribution in [0.3, 0.4) is 0 Å². The van der Waals surface area contributed by atoms with Crippen LogP contribution in [0.5, 0.6) is 0 Å². The largest absolute Gasteiger partial charge is 0.456 e. The summed E-state index contributed by atoms with van der Waals surface area (Å²) in [6.45, 7) is 15.4. The first-order valence-corrected chi connectivity index (χ1v) is 20.5. The van der Waals surface area contributed by atoms with E-state index in [4.69, 9.17) is 13.9 Å². The number of rotatable bonds is 16. The monoisotopic (exact) mass is 758 g/mol. The van der Waals surface area contributed by atoms with Gasteiger partial charge in [0.05, 0.1) is 27.9 Å². The van der Waals surface area contributed by atoms with Crippen molar-refractivity contribution in [3.63, 3.8) is 0 Å². The van der Waals surface area contributed by atoms with Crippen LogP contribution in [-0.2, 0) is 41.5 Å². The fraction of sp³-hybridized carbons (Fsp3) is 0.486. The molecule has 3 rings (SSSR count). The number of amides is 2. The highest BCUT2D eigenvalue weighted by molar-refractivity contribution is 8.13. The van der Waals surface area contributed by atoms with Crippen LogP contribution in [0.25, 0.3) is 0 Å². The number of β-lactam (4-membered cyclic amide) rings is 1. The van der Waals surface area contributed by atoms with Gasteiger partial charge in [0.15, 0.2) is 13.4 Å². The predicted molar refractivity (Wildman–Crippen MR) is 197 cm³/mol. The number of carbonyl (C=O) groups is 4. The molecular weight excluding hydrogens is 713 g/mol. The zero-order valence-electron chi connectivity index (χ0n) is 30.6. The number of likely N-dealkylation sites (tertiary alicyclic amines) is 1. The van der Waals surface area contributed by atoms with Gasteiger partial charge in [-0.3, -0.25) is 29.8 Å². The average Bonchev–Trinajstić information content (AvgIpc) is 3.06. The number of nitrogens with one attached hydrogen (secondary N) is 1. The number of alkyl carbamates (subject to hydrolysis) is 1. The Bertz CT molecular complexity index is 1690. The first-order valence-electron chi connectivity index (χ1n) is 16.6. The van der Waals surface area contributed by atoms with E-state index in [9.17, 15) is 39.4 Å². The van der Waals surface area contributed by atoms with Crippen LogP contribution in [-0.4, -0.2) is 70.6 Å². The van der Waals surface area contributed by atoms with Gasteiger partial charge < -0.3 is 24.1 Å². The van der Waals surface area contributed by atoms with E-state index in [1.807, 2.05) is 6.92 Å². The second-order valence-electron chi connectivity index (χ2n) is 14.1. The normalized spacial score (nSPS) is 16.3. The van der Waals surface area contributed by atoms with Gasteiger partial charge >= 0.3 is 12.1 Å². The molecule has 1 fully saturated rings. The molecule has 0 aromatic heterocycles. The molecule has 0 saturated carbocycles. The van der Waals surface area contributed by atoms with Crippen molar-refractivity contribution in [3.8, 4) is 0 Å². The highest BCUT2D eigenvalue weighted by Crippen LogP contribution is 2.43. The predicted octanol–water partition coefficient (Wildman–Crippen LogP) is 6.65. The van der Waals surface area contributed by atoms with E-state index in [0.29, 0.717) is 16.7 Å². The topological polar surface area (TPSA) is 198 Å². The molecule has 1 heterocycles. The second kappa shape index (κ2) is 17.7. The maximum absolute atomic E-state index is 13.8. The Morgan fingerprint density at radius 2 is 1.42 bits per heavy atom. The van der Waals surface area contributed by atoms with Crippen LogP contribution < -0.4 is 5.32 Å². The average molecular weight is 759 g/mol. The van der Waals surface area contributed by atoms with E-state index in [1.54, 1.807) is 13.8 Å². The zero-order chi connectivity index (χ0) is 39.0. The first-order chi connectivity index (χ1) is 24.2. The standard InChI is InChI=1S/C35H46N4O11SSi/c1-22(2)31(33(42)48-20-24-9-13-26(14-10-24)38(44)45)37-28(30(32(37)41)23(3)50-52(7,8)35(4,5)6)19-29(40)51-18-17-36-34(43)49-21-25-11-15-27(16-12-25)39(46)47/h9-16,23,28,30H,17-21H2,1-8H3,(H,36,43)/t23-,28-,30-/m1/s1. The quantitative estimate of drug-likeness (QED) is 0.0364. The molecule has 0 radical (unpaired) electrons. The van der Waals surface area contributed by atoms with E-state index in [-0.39, 0.29) is 65.1 Å². The van der Waals surface area contributed by atoms with Crippen molar-refractivity contribution in [2.75, 3.05) is 12.3 Å². The molecule has 1 N–H and O–H groups in total. The van der Waals surface area contributed by atoms with Crippen molar-refractivity contribution in [3.05, 3.63) is 91.2 Å². The van der Waals surface area contributed by atoms with Crippen LogP contribution >= 0.6 is 11.8 Å². The number of nitrogens with zero attached hydrogens (tertiary/aromatic N) is 3. The third-order valence-electron chi connectivity index (χ3n) is 9.01. The Hall–Kier alpha value is -4.61. The van der Waals surface area contributed by atoms with E-state index in [0.717, 1.165) is 11.8 Å². The summed E-state index contributed by atoms with van der Waals surface area (Å²) in [5.74, 6) is -1.64. The number of carbonyl (C=O) groups excluding carboxylic acids is 4. The lowest BCUT2D eigenvalue weighted by Gasteiger charge is -2.51. The Balaban J connectivity index is 1.67. The van der Waals surface area contributed by atoms with Crippen molar-refractivity contribution in [1.29, 1.82) is 0 Å². The molecular formula is C35H46N4O11SSi. The number of esters is 1. The number of ether oxygens (including phenoxy) is 2. The first kappa shape index (κ1) is 41.8. The van der Waals surface area contributed by atoms with E-state index in [1.165, 1.54) is 53.4 Å². The minimum Gasteiger partial charge on any atom is -0.456 e. The molecule has 1 aliphatic heterocycles. The van der Waals surface area contributed by atoms with Gasteiger partial charge in [0.25, 0.3) is 11.4 Å². The minimum absolute atomic E-state index is 0.0166. The summed E-state index contributed by atoms with van der Waals surface area (Å²) in [5.41, 5.74) is 1.42. The molecule has 2 aromatic rings. The molecule has 3 atom stereocenters. The van der Waals surface area contributed by atoms with E-state index >= 15 is 0 Å². The van der Waals surface area contributed by atoms with Crippen molar-refractivity contribution in [2.24, 2.45) is 5.92 Å². The maximum atomic E-state index is 13.8. The van der Waals surface area contributed by atoms with Gasteiger partial charge in [0.2, 0.25) is 5.91 Å². The number of benzene rings is 2. The van der Waals surface area contributed by atoms with Gasteiger partial charge in [0.1, 0.15) is 18.9 Å². The summed E-state index contributed by atoms with van der Waals surface area (Å²) < 4.78 is 17.3. The van der Waals surface area contributed by atoms with Gasteiger partial charge in [0, 0.05) is 43.0 Å². The Morgan fingerprint density at radius 3 is 1.88 bits per heavy atom. The van der Waals surface area contributed by atoms with Gasteiger partial charge in [-0.15, -0.1) is 0 Å². The van der Waals surface area contributed by atoms with Crippen molar-refractivity contribution in [2.45, 2.75) is 91.5 Å². The Morgan fingerprint density at radius 1 is 0.923 bits per heavy atom. The molecule has 0 aliphatic carbocycles. The molecule has 0 unspecified atom stereocenters. The molecule has 15 nitrogen and oxygen atoms in total. The second-order valence-corrected chi connectivity index (χ2v) is 20.0. The minimum atomic E-state index is -2.32. The van der Waals surface area contributed by atoms with Crippen molar-refractivity contribution < 1.29 is 42.9 Å². The van der Waals surface area contributed by atoms with Gasteiger partial charge in [-0.1, -0.05) is 32.5 Å². The number of allylic oxidation sites excluding steroid dienone is 1. The van der Waals surface area contributed by atoms with Crippen LogP contribution in [0.4, 0.5) is 16.2 Å². The molecule has 282 valence electrons. The number of non-ortho nitro benzene ring substituents is 2. The van der Waals surface area contributed by atoms with E-state index in [2.05, 4.69) is 39.2 Å². The molecule has 0 spiro atoms. The lowest BCUT2D eigenvalue weighted by atomic mass is 9.80. The Labute approximate surface area is 307 Å². The highest BCUT2D eigenvalue weighted by Gasteiger charge is 2.55. The smallest absolute Gasteiger partial charge is 0.407 e. The molecule has 2 aromatic carbocycles. The number of hydrogen-bond donors (Lipinski definition) is 1. The summed E-state index contributed by atoms with van der Waals surface area (Å²) in [7, 11) is -2.32. The lowest BCUT2D eigenvalue weighted by Crippen LogP contribution is -2.66. The summed E-state index contributed by atoms with van der Waals surface area (Å²) in [6.07, 6.45) is -1.36. The van der Waals surface area contributed by atoms with E-state index < -0.39 is 48.3 Å². The summed E-state index contributed by atoms with van der Waals surface area (Å²) >= 11 is 0.965. The molecule has 0 bridgehead atoms. The third-order valence-corrected chi connectivity index (χ3v) is 14.5. The van der Waals surface area contributed by atoms with Crippen molar-refractivity contribution >= 4 is 54.5 Å². The zero-order valence-corrected chi connectivity index (χ0v) is 32.4. The number of nitro benzene ring substituents is 2. The summed E-state index contributed by atoms with van der Waals surface area (Å²) in [5, 5.41) is 24.0. The molecule has 52 heavy (non-hydrogen) atoms. The fourth-order valence-electron chi connectivity index (χ4n) is 5.23. The van der Waals surface area contributed by atoms with Crippen LogP contribution in [0.1, 0.15) is 59.1 Å². The van der Waals surface area contributed by atoms with Crippen molar-refractivity contribution in [1.82, 2.24) is 10.2 Å². The summed E-state index contributed by atoms with van der Waals surface area (Å²) in [6, 6.07) is 10.4. The molecule has 2 amide bonds. The fourth-order valence-corrected chi connectivity index (χ4v) is 7.38. The number of hydrogen-bond acceptors (Lipinski definition) is 12. The highest BCUT2D eigenvalue weighted by atomic mass is 32.2. The van der Waals surface area contributed by atoms with Crippen LogP contribution in [0.2, 0.25) is 18.1 Å². The summed E-state index contributed by atoms with van der Waals surface area (Å²) in [4.78, 5) is 74.9. The van der Waals surface area contributed by atoms with Crippen LogP contribution in [0.15, 0.2) is 59.8 Å². The Kier molecular flexibility index (Phi) is 14.3. The third kappa shape index (κ3) is 10.9. The molecule has 1 aliphatic rings. The number of nitro groups is 2.